The molecule has 116 valence electrons. The lowest BCUT2D eigenvalue weighted by atomic mass is 9.97. The predicted molar refractivity (Wildman–Crippen MR) is 93.1 cm³/mol. The number of hydrogen-bond donors (Lipinski definition) is 1. The van der Waals surface area contributed by atoms with Crippen LogP contribution in [0, 0.1) is 0 Å². The summed E-state index contributed by atoms with van der Waals surface area (Å²) in [4.78, 5) is 2.56. The molecular formula is C19H23ClN2. The van der Waals surface area contributed by atoms with Crippen molar-refractivity contribution in [1.82, 2.24) is 4.90 Å². The van der Waals surface area contributed by atoms with Gasteiger partial charge >= 0.3 is 0 Å². The summed E-state index contributed by atoms with van der Waals surface area (Å²) in [7, 11) is 0. The van der Waals surface area contributed by atoms with Crippen molar-refractivity contribution in [1.29, 1.82) is 0 Å². The molecule has 0 saturated heterocycles. The van der Waals surface area contributed by atoms with Gasteiger partial charge < -0.3 is 5.73 Å². The zero-order valence-electron chi connectivity index (χ0n) is 12.9. The predicted octanol–water partition coefficient (Wildman–Crippen LogP) is 3.79. The number of benzene rings is 2. The molecule has 0 aliphatic carbocycles. The van der Waals surface area contributed by atoms with E-state index < -0.39 is 0 Å². The Balaban J connectivity index is 1.51. The second kappa shape index (κ2) is 7.28. The second-order valence-electron chi connectivity index (χ2n) is 6.06. The molecule has 0 saturated carbocycles. The number of halogens is 1. The highest BCUT2D eigenvalue weighted by atomic mass is 35.5. The van der Waals surface area contributed by atoms with Gasteiger partial charge in [0.25, 0.3) is 0 Å². The van der Waals surface area contributed by atoms with E-state index in [-0.39, 0.29) is 0 Å². The van der Waals surface area contributed by atoms with Gasteiger partial charge in [-0.1, -0.05) is 41.9 Å². The van der Waals surface area contributed by atoms with E-state index in [9.17, 15) is 0 Å². The summed E-state index contributed by atoms with van der Waals surface area (Å²) in [6.07, 6.45) is 3.45. The third-order valence-electron chi connectivity index (χ3n) is 4.45. The molecular weight excluding hydrogens is 292 g/mol. The first-order chi connectivity index (χ1) is 10.7. The van der Waals surface area contributed by atoms with Crippen LogP contribution in [0.3, 0.4) is 0 Å². The number of nitrogens with two attached hydrogens (primary N) is 1. The molecule has 1 aliphatic heterocycles. The van der Waals surface area contributed by atoms with Crippen LogP contribution in [0.25, 0.3) is 0 Å². The van der Waals surface area contributed by atoms with Crippen molar-refractivity contribution in [3.8, 4) is 0 Å². The van der Waals surface area contributed by atoms with Crippen LogP contribution in [0.1, 0.15) is 28.7 Å². The Morgan fingerprint density at radius 2 is 1.77 bits per heavy atom. The average molecular weight is 315 g/mol. The SMILES string of the molecule is NCc1ccc2c(c1)CCN(CCCc1ccc(Cl)cc1)C2. The topological polar surface area (TPSA) is 29.3 Å². The Labute approximate surface area is 137 Å². The Bertz CT molecular complexity index is 622. The lowest BCUT2D eigenvalue weighted by molar-refractivity contribution is 0.251. The summed E-state index contributed by atoms with van der Waals surface area (Å²) in [5.74, 6) is 0. The smallest absolute Gasteiger partial charge is 0.0406 e. The Morgan fingerprint density at radius 1 is 1.00 bits per heavy atom. The molecule has 22 heavy (non-hydrogen) atoms. The van der Waals surface area contributed by atoms with E-state index in [1.807, 2.05) is 12.1 Å². The molecule has 0 bridgehead atoms. The maximum atomic E-state index is 5.92. The summed E-state index contributed by atoms with van der Waals surface area (Å²) in [6, 6.07) is 14.9. The number of nitrogens with zero attached hydrogens (tertiary/aromatic N) is 1. The van der Waals surface area contributed by atoms with Gasteiger partial charge in [-0.25, -0.2) is 0 Å². The van der Waals surface area contributed by atoms with Gasteiger partial charge in [0.05, 0.1) is 0 Å². The molecule has 1 heterocycles. The molecule has 0 fully saturated rings. The van der Waals surface area contributed by atoms with Gasteiger partial charge in [-0.2, -0.15) is 0 Å². The van der Waals surface area contributed by atoms with Crippen molar-refractivity contribution in [2.45, 2.75) is 32.4 Å². The molecule has 2 aromatic carbocycles. The highest BCUT2D eigenvalue weighted by Crippen LogP contribution is 2.21. The van der Waals surface area contributed by atoms with Crippen LogP contribution >= 0.6 is 11.6 Å². The molecule has 0 radical (unpaired) electrons. The number of rotatable bonds is 5. The number of fused-ring (bicyclic) bond motifs is 1. The van der Waals surface area contributed by atoms with Crippen molar-refractivity contribution in [3.63, 3.8) is 0 Å². The first-order valence-corrected chi connectivity index (χ1v) is 8.40. The van der Waals surface area contributed by atoms with Crippen LogP contribution in [0.2, 0.25) is 5.02 Å². The van der Waals surface area contributed by atoms with E-state index in [1.54, 1.807) is 0 Å². The van der Waals surface area contributed by atoms with Crippen molar-refractivity contribution in [2.75, 3.05) is 13.1 Å². The maximum Gasteiger partial charge on any atom is 0.0406 e. The standard InChI is InChI=1S/C19H23ClN2/c20-19-7-4-15(5-8-19)2-1-10-22-11-9-17-12-16(13-21)3-6-18(17)14-22/h3-8,12H,1-2,9-11,13-14,21H2. The zero-order valence-corrected chi connectivity index (χ0v) is 13.6. The second-order valence-corrected chi connectivity index (χ2v) is 6.50. The van der Waals surface area contributed by atoms with Crippen molar-refractivity contribution in [2.24, 2.45) is 5.73 Å². The fraction of sp³-hybridized carbons (Fsp3) is 0.368. The molecule has 0 atom stereocenters. The number of hydrogen-bond acceptors (Lipinski definition) is 2. The van der Waals surface area contributed by atoms with Gasteiger partial charge in [0.15, 0.2) is 0 Å². The lowest BCUT2D eigenvalue weighted by Crippen LogP contribution is -2.31. The van der Waals surface area contributed by atoms with Crippen LogP contribution in [0.5, 0.6) is 0 Å². The fourth-order valence-corrected chi connectivity index (χ4v) is 3.27. The van der Waals surface area contributed by atoms with Gasteiger partial charge in [0.1, 0.15) is 0 Å². The van der Waals surface area contributed by atoms with Crippen LogP contribution < -0.4 is 5.73 Å². The van der Waals surface area contributed by atoms with Crippen molar-refractivity contribution < 1.29 is 0 Å². The normalized spacial score (nSPS) is 14.8. The fourth-order valence-electron chi connectivity index (χ4n) is 3.14. The lowest BCUT2D eigenvalue weighted by Gasteiger charge is -2.29. The molecule has 0 amide bonds. The van der Waals surface area contributed by atoms with Gasteiger partial charge in [-0.05, 0) is 60.2 Å². The minimum atomic E-state index is 0.637. The molecule has 0 spiro atoms. The average Bonchev–Trinajstić information content (AvgIpc) is 2.56. The van der Waals surface area contributed by atoms with E-state index in [0.717, 1.165) is 37.5 Å². The van der Waals surface area contributed by atoms with E-state index in [4.69, 9.17) is 17.3 Å². The Kier molecular flexibility index (Phi) is 5.14. The molecule has 2 aromatic rings. The summed E-state index contributed by atoms with van der Waals surface area (Å²) >= 11 is 5.92. The largest absolute Gasteiger partial charge is 0.326 e. The summed E-state index contributed by atoms with van der Waals surface area (Å²) in [6.45, 7) is 4.02. The van der Waals surface area contributed by atoms with E-state index in [1.165, 1.54) is 28.7 Å². The molecule has 3 rings (SSSR count). The summed E-state index contributed by atoms with van der Waals surface area (Å²) < 4.78 is 0. The van der Waals surface area contributed by atoms with Crippen LogP contribution in [-0.4, -0.2) is 18.0 Å². The highest BCUT2D eigenvalue weighted by Gasteiger charge is 2.15. The zero-order chi connectivity index (χ0) is 15.4. The number of aryl methyl sites for hydroxylation is 1. The maximum absolute atomic E-state index is 5.92. The van der Waals surface area contributed by atoms with Gasteiger partial charge in [-0.15, -0.1) is 0 Å². The van der Waals surface area contributed by atoms with E-state index >= 15 is 0 Å². The quantitative estimate of drug-likeness (QED) is 0.910. The van der Waals surface area contributed by atoms with Gasteiger partial charge in [0, 0.05) is 24.7 Å². The third kappa shape index (κ3) is 3.89. The van der Waals surface area contributed by atoms with Gasteiger partial charge in [0.2, 0.25) is 0 Å². The molecule has 0 unspecified atom stereocenters. The minimum absolute atomic E-state index is 0.637. The van der Waals surface area contributed by atoms with Crippen LogP contribution in [0.15, 0.2) is 42.5 Å². The van der Waals surface area contributed by atoms with Gasteiger partial charge in [-0.3, -0.25) is 4.90 Å². The molecule has 3 heteroatoms. The molecule has 2 nitrogen and oxygen atoms in total. The molecule has 2 N–H and O–H groups in total. The minimum Gasteiger partial charge on any atom is -0.326 e. The van der Waals surface area contributed by atoms with E-state index in [2.05, 4.69) is 35.2 Å². The highest BCUT2D eigenvalue weighted by molar-refractivity contribution is 6.30. The van der Waals surface area contributed by atoms with Crippen molar-refractivity contribution in [3.05, 3.63) is 69.7 Å². The van der Waals surface area contributed by atoms with Crippen LogP contribution in [0.4, 0.5) is 0 Å². The third-order valence-corrected chi connectivity index (χ3v) is 4.70. The summed E-state index contributed by atoms with van der Waals surface area (Å²) in [5.41, 5.74) is 11.3. The monoisotopic (exact) mass is 314 g/mol. The Hall–Kier alpha value is -1.35. The first kappa shape index (κ1) is 15.5. The van der Waals surface area contributed by atoms with Crippen LogP contribution in [-0.2, 0) is 25.9 Å². The molecule has 1 aliphatic rings. The van der Waals surface area contributed by atoms with E-state index in [0.29, 0.717) is 6.54 Å². The Morgan fingerprint density at radius 3 is 2.55 bits per heavy atom. The first-order valence-electron chi connectivity index (χ1n) is 8.02. The summed E-state index contributed by atoms with van der Waals surface area (Å²) in [5, 5.41) is 0.813. The molecule has 0 aromatic heterocycles. The van der Waals surface area contributed by atoms with Crippen molar-refractivity contribution >= 4 is 11.6 Å².